The van der Waals surface area contributed by atoms with Crippen LogP contribution in [0.1, 0.15) is 48.0 Å². The van der Waals surface area contributed by atoms with E-state index in [4.69, 9.17) is 0 Å². The van der Waals surface area contributed by atoms with Crippen LogP contribution in [-0.2, 0) is 0 Å². The van der Waals surface area contributed by atoms with E-state index in [9.17, 15) is 9.18 Å². The van der Waals surface area contributed by atoms with Gasteiger partial charge in [-0.15, -0.1) is 0 Å². The molecule has 1 aromatic carbocycles. The molecule has 2 aliphatic heterocycles. The largest absolute Gasteiger partial charge is 0.311 e. The molecule has 2 atom stereocenters. The second-order valence-corrected chi connectivity index (χ2v) is 6.12. The van der Waals surface area contributed by atoms with Crippen LogP contribution in [0.5, 0.6) is 0 Å². The molecule has 2 bridgehead atoms. The molecule has 102 valence electrons. The van der Waals surface area contributed by atoms with Crippen molar-refractivity contribution in [3.05, 3.63) is 35.1 Å². The number of carbonyl (C=O) groups excluding carboxylic acids is 1. The number of hydrogen-bond acceptors (Lipinski definition) is 2. The van der Waals surface area contributed by atoms with Gasteiger partial charge in [0.05, 0.1) is 0 Å². The highest BCUT2D eigenvalue weighted by Crippen LogP contribution is 2.33. The quantitative estimate of drug-likeness (QED) is 0.846. The second kappa shape index (κ2) is 5.04. The molecule has 2 nitrogen and oxygen atoms in total. The van der Waals surface area contributed by atoms with Gasteiger partial charge < -0.3 is 5.32 Å². The van der Waals surface area contributed by atoms with Crippen LogP contribution in [0.15, 0.2) is 18.2 Å². The number of ketones is 1. The highest BCUT2D eigenvalue weighted by molar-refractivity contribution is 5.96. The highest BCUT2D eigenvalue weighted by Gasteiger charge is 2.34. The van der Waals surface area contributed by atoms with Gasteiger partial charge in [0, 0.05) is 24.1 Å². The van der Waals surface area contributed by atoms with Crippen LogP contribution in [0.4, 0.5) is 4.39 Å². The molecule has 0 radical (unpaired) electrons. The zero-order chi connectivity index (χ0) is 13.4. The standard InChI is InChI=1S/C16H20FNO/c1-10-4-12(9-13(17)5-10)16(19)8-11-6-14-2-3-15(7-11)18-14/h4-5,9,11,14-15,18H,2-3,6-8H2,1H3. The second-order valence-electron chi connectivity index (χ2n) is 6.12. The van der Waals surface area contributed by atoms with Gasteiger partial charge >= 0.3 is 0 Å². The fourth-order valence-electron chi connectivity index (χ4n) is 3.62. The van der Waals surface area contributed by atoms with E-state index in [-0.39, 0.29) is 11.6 Å². The summed E-state index contributed by atoms with van der Waals surface area (Å²) in [5.41, 5.74) is 1.34. The average Bonchev–Trinajstić information content (AvgIpc) is 2.67. The van der Waals surface area contributed by atoms with E-state index in [1.54, 1.807) is 6.07 Å². The minimum absolute atomic E-state index is 0.0916. The molecule has 2 heterocycles. The first-order valence-corrected chi connectivity index (χ1v) is 7.16. The molecule has 2 saturated heterocycles. The maximum atomic E-state index is 13.3. The van der Waals surface area contributed by atoms with E-state index >= 15 is 0 Å². The number of carbonyl (C=O) groups is 1. The molecule has 3 heteroatoms. The van der Waals surface area contributed by atoms with Gasteiger partial charge in [-0.2, -0.15) is 0 Å². The van der Waals surface area contributed by atoms with Crippen LogP contribution in [0, 0.1) is 18.7 Å². The Labute approximate surface area is 113 Å². The number of benzene rings is 1. The Morgan fingerprint density at radius 3 is 2.58 bits per heavy atom. The van der Waals surface area contributed by atoms with Crippen molar-refractivity contribution < 1.29 is 9.18 Å². The molecule has 1 N–H and O–H groups in total. The lowest BCUT2D eigenvalue weighted by atomic mass is 9.86. The lowest BCUT2D eigenvalue weighted by molar-refractivity contribution is 0.0945. The summed E-state index contributed by atoms with van der Waals surface area (Å²) in [6.07, 6.45) is 5.24. The number of hydrogen-bond donors (Lipinski definition) is 1. The number of aryl methyl sites for hydroxylation is 1. The molecule has 0 spiro atoms. The summed E-state index contributed by atoms with van der Waals surface area (Å²) < 4.78 is 13.3. The van der Waals surface area contributed by atoms with Crippen LogP contribution >= 0.6 is 0 Å². The molecule has 2 aliphatic rings. The number of rotatable bonds is 3. The average molecular weight is 261 g/mol. The fourth-order valence-corrected chi connectivity index (χ4v) is 3.62. The molecule has 0 aliphatic carbocycles. The van der Waals surface area contributed by atoms with Gasteiger partial charge in [-0.25, -0.2) is 4.39 Å². The van der Waals surface area contributed by atoms with Gasteiger partial charge in [0.1, 0.15) is 5.82 Å². The highest BCUT2D eigenvalue weighted by atomic mass is 19.1. The molecule has 19 heavy (non-hydrogen) atoms. The zero-order valence-corrected chi connectivity index (χ0v) is 11.3. The molecule has 1 aromatic rings. The summed E-state index contributed by atoms with van der Waals surface area (Å²) in [5.74, 6) is 0.248. The van der Waals surface area contributed by atoms with Gasteiger partial charge in [-0.05, 0) is 62.3 Å². The first-order valence-electron chi connectivity index (χ1n) is 7.16. The first kappa shape index (κ1) is 12.8. The van der Waals surface area contributed by atoms with E-state index in [0.29, 0.717) is 30.0 Å². The Hall–Kier alpha value is -1.22. The summed E-state index contributed by atoms with van der Waals surface area (Å²) in [6, 6.07) is 5.82. The smallest absolute Gasteiger partial charge is 0.163 e. The van der Waals surface area contributed by atoms with E-state index in [1.807, 2.05) is 6.92 Å². The number of nitrogens with one attached hydrogen (secondary N) is 1. The van der Waals surface area contributed by atoms with Gasteiger partial charge in [0.25, 0.3) is 0 Å². The maximum absolute atomic E-state index is 13.3. The van der Waals surface area contributed by atoms with Crippen molar-refractivity contribution in [3.8, 4) is 0 Å². The third-order valence-electron chi connectivity index (χ3n) is 4.41. The fraction of sp³-hybridized carbons (Fsp3) is 0.562. The molecule has 0 aromatic heterocycles. The molecular formula is C16H20FNO. The predicted octanol–water partition coefficient (Wildman–Crippen LogP) is 3.24. The Bertz CT molecular complexity index is 467. The van der Waals surface area contributed by atoms with Crippen LogP contribution in [0.2, 0.25) is 0 Å². The van der Waals surface area contributed by atoms with E-state index in [0.717, 1.165) is 18.4 Å². The van der Waals surface area contributed by atoms with Crippen LogP contribution in [0.25, 0.3) is 0 Å². The molecule has 0 amide bonds. The monoisotopic (exact) mass is 261 g/mol. The zero-order valence-electron chi connectivity index (χ0n) is 11.3. The van der Waals surface area contributed by atoms with E-state index < -0.39 is 0 Å². The third-order valence-corrected chi connectivity index (χ3v) is 4.41. The SMILES string of the molecule is Cc1cc(F)cc(C(=O)CC2CC3CCC(C2)N3)c1. The van der Waals surface area contributed by atoms with Crippen molar-refractivity contribution in [2.45, 2.75) is 51.1 Å². The van der Waals surface area contributed by atoms with Crippen molar-refractivity contribution >= 4 is 5.78 Å². The summed E-state index contributed by atoms with van der Waals surface area (Å²) in [5, 5.41) is 3.58. The van der Waals surface area contributed by atoms with Crippen molar-refractivity contribution in [2.24, 2.45) is 5.92 Å². The molecule has 3 rings (SSSR count). The number of fused-ring (bicyclic) bond motifs is 2. The molecule has 2 fully saturated rings. The maximum Gasteiger partial charge on any atom is 0.163 e. The Kier molecular flexibility index (Phi) is 3.40. The van der Waals surface area contributed by atoms with Crippen LogP contribution in [0.3, 0.4) is 0 Å². The Morgan fingerprint density at radius 2 is 1.95 bits per heavy atom. The van der Waals surface area contributed by atoms with Crippen LogP contribution in [-0.4, -0.2) is 17.9 Å². The molecule has 0 saturated carbocycles. The topological polar surface area (TPSA) is 29.1 Å². The summed E-state index contributed by atoms with van der Waals surface area (Å²) >= 11 is 0. The molecular weight excluding hydrogens is 241 g/mol. The lowest BCUT2D eigenvalue weighted by Crippen LogP contribution is -2.38. The van der Waals surface area contributed by atoms with Gasteiger partial charge in [-0.1, -0.05) is 0 Å². The van der Waals surface area contributed by atoms with Gasteiger partial charge in [0.15, 0.2) is 5.78 Å². The number of halogens is 1. The molecule has 2 unspecified atom stereocenters. The number of Topliss-reactive ketones (excluding diaryl/α,β-unsaturated/α-hetero) is 1. The normalized spacial score (nSPS) is 29.5. The Balaban J connectivity index is 1.67. The van der Waals surface area contributed by atoms with Crippen molar-refractivity contribution in [3.63, 3.8) is 0 Å². The summed E-state index contributed by atoms with van der Waals surface area (Å²) in [4.78, 5) is 12.3. The minimum atomic E-state index is -0.311. The van der Waals surface area contributed by atoms with Crippen molar-refractivity contribution in [2.75, 3.05) is 0 Å². The van der Waals surface area contributed by atoms with Gasteiger partial charge in [-0.3, -0.25) is 4.79 Å². The number of piperidine rings is 1. The third kappa shape index (κ3) is 2.86. The summed E-state index contributed by atoms with van der Waals surface area (Å²) in [6.45, 7) is 1.82. The minimum Gasteiger partial charge on any atom is -0.311 e. The van der Waals surface area contributed by atoms with E-state index in [1.165, 1.54) is 25.0 Å². The summed E-state index contributed by atoms with van der Waals surface area (Å²) in [7, 11) is 0. The Morgan fingerprint density at radius 1 is 1.26 bits per heavy atom. The first-order chi connectivity index (χ1) is 9.10. The van der Waals surface area contributed by atoms with Gasteiger partial charge in [0.2, 0.25) is 0 Å². The van der Waals surface area contributed by atoms with Crippen molar-refractivity contribution in [1.29, 1.82) is 0 Å². The van der Waals surface area contributed by atoms with Crippen molar-refractivity contribution in [1.82, 2.24) is 5.32 Å². The van der Waals surface area contributed by atoms with E-state index in [2.05, 4.69) is 5.32 Å². The van der Waals surface area contributed by atoms with Crippen LogP contribution < -0.4 is 5.32 Å². The predicted molar refractivity (Wildman–Crippen MR) is 72.8 cm³/mol. The lowest BCUT2D eigenvalue weighted by Gasteiger charge is -2.28.